The van der Waals surface area contributed by atoms with E-state index in [4.69, 9.17) is 0 Å². The molecule has 0 saturated heterocycles. The van der Waals surface area contributed by atoms with Crippen molar-refractivity contribution in [3.8, 4) is 0 Å². The number of carbonyl (C=O) groups is 3. The van der Waals surface area contributed by atoms with Crippen molar-refractivity contribution in [1.82, 2.24) is 0 Å². The molecule has 0 atom stereocenters. The first-order valence-electron chi connectivity index (χ1n) is 4.59. The zero-order valence-electron chi connectivity index (χ0n) is 9.10. The van der Waals surface area contributed by atoms with Gasteiger partial charge in [0.15, 0.2) is 0 Å². The van der Waals surface area contributed by atoms with Crippen LogP contribution in [0.5, 0.6) is 0 Å². The maximum atomic E-state index is 10.1. The summed E-state index contributed by atoms with van der Waals surface area (Å²) in [4.78, 5) is 29.1. The number of hydrogen-bond donors (Lipinski definition) is 0. The minimum Gasteiger partial charge on any atom is -0.550 e. The molecule has 1 aromatic carbocycles. The maximum Gasteiger partial charge on any atom is 3.00 e. The second-order valence-corrected chi connectivity index (χ2v) is 2.90. The van der Waals surface area contributed by atoms with E-state index in [0.717, 1.165) is 0 Å². The molecule has 1 radical (unpaired) electrons. The van der Waals surface area contributed by atoms with E-state index < -0.39 is 30.7 Å². The van der Waals surface area contributed by atoms with Crippen LogP contribution >= 0.6 is 0 Å². The summed E-state index contributed by atoms with van der Waals surface area (Å²) < 4.78 is 0. The average Bonchev–Trinajstić information content (AvgIpc) is 2.28. The number of carbonyl (C=O) groups excluding carboxylic acids is 3. The number of carboxylic acids is 3. The third-order valence-electron chi connectivity index (χ3n) is 1.54. The zero-order chi connectivity index (χ0) is 13.3. The molecule has 18 heavy (non-hydrogen) atoms. The van der Waals surface area contributed by atoms with Gasteiger partial charge in [0, 0.05) is 11.9 Å². The van der Waals surface area contributed by atoms with Crippen molar-refractivity contribution in [2.45, 2.75) is 12.8 Å². The fraction of sp³-hybridized carbons (Fsp3) is 0.182. The zero-order valence-corrected chi connectivity index (χ0v) is 10.8. The van der Waals surface area contributed by atoms with Gasteiger partial charge in [-0.3, -0.25) is 0 Å². The van der Waals surface area contributed by atoms with Crippen LogP contribution in [-0.2, 0) is 29.1 Å². The van der Waals surface area contributed by atoms with Crippen molar-refractivity contribution in [3.63, 3.8) is 0 Å². The van der Waals surface area contributed by atoms with E-state index in [2.05, 4.69) is 0 Å². The third-order valence-corrected chi connectivity index (χ3v) is 1.54. The SMILES string of the molecule is O=C([O-])CCC(=O)[O-].O=C([O-])c1ccccc1.[Ru+3]. The molecule has 0 aliphatic heterocycles. The van der Waals surface area contributed by atoms with Crippen LogP contribution in [-0.4, -0.2) is 17.9 Å². The molecule has 0 unspecified atom stereocenters. The van der Waals surface area contributed by atoms with E-state index >= 15 is 0 Å². The van der Waals surface area contributed by atoms with Crippen molar-refractivity contribution in [2.75, 3.05) is 0 Å². The third kappa shape index (κ3) is 10.8. The van der Waals surface area contributed by atoms with Crippen molar-refractivity contribution in [2.24, 2.45) is 0 Å². The average molecular weight is 338 g/mol. The summed E-state index contributed by atoms with van der Waals surface area (Å²) in [7, 11) is 0. The second kappa shape index (κ2) is 10.4. The Hall–Kier alpha value is -1.75. The number of carboxylic acid groups (broad SMARTS) is 3. The molecule has 97 valence electrons. The molecule has 6 nitrogen and oxygen atoms in total. The topological polar surface area (TPSA) is 120 Å². The Kier molecular flexibility index (Phi) is 10.8. The largest absolute Gasteiger partial charge is 3.00 e. The summed E-state index contributed by atoms with van der Waals surface area (Å²) in [6.07, 6.45) is -0.940. The van der Waals surface area contributed by atoms with Crippen LogP contribution in [0.2, 0.25) is 0 Å². The van der Waals surface area contributed by atoms with Gasteiger partial charge in [0.25, 0.3) is 0 Å². The van der Waals surface area contributed by atoms with Crippen molar-refractivity contribution in [1.29, 1.82) is 0 Å². The fourth-order valence-electron chi connectivity index (χ4n) is 0.778. The van der Waals surface area contributed by atoms with Crippen LogP contribution in [0, 0.1) is 0 Å². The monoisotopic (exact) mass is 339 g/mol. The van der Waals surface area contributed by atoms with E-state index in [-0.39, 0.29) is 25.0 Å². The van der Waals surface area contributed by atoms with E-state index in [1.807, 2.05) is 0 Å². The van der Waals surface area contributed by atoms with Gasteiger partial charge in [-0.1, -0.05) is 30.3 Å². The summed E-state index contributed by atoms with van der Waals surface area (Å²) >= 11 is 0. The van der Waals surface area contributed by atoms with E-state index in [1.165, 1.54) is 12.1 Å². The standard InChI is InChI=1S/C7H6O2.C4H6O4.Ru/c8-7(9)6-4-2-1-3-5-6;5-3(6)1-2-4(7)8;/h1-5H,(H,8,9);1-2H2,(H,5,6)(H,7,8);/q;;+3/p-3. The van der Waals surface area contributed by atoms with E-state index in [9.17, 15) is 29.7 Å². The van der Waals surface area contributed by atoms with Crippen LogP contribution in [0.3, 0.4) is 0 Å². The number of rotatable bonds is 4. The molecule has 0 N–H and O–H groups in total. The molecule has 0 spiro atoms. The number of hydrogen-bond acceptors (Lipinski definition) is 6. The first-order chi connectivity index (χ1) is 7.93. The molecule has 0 aliphatic carbocycles. The summed E-state index contributed by atoms with van der Waals surface area (Å²) in [6, 6.07) is 8.06. The van der Waals surface area contributed by atoms with Gasteiger partial charge in [0.05, 0.1) is 5.97 Å². The minimum atomic E-state index is -1.37. The van der Waals surface area contributed by atoms with Crippen LogP contribution in [0.15, 0.2) is 30.3 Å². The normalized spacial score (nSPS) is 8.22. The van der Waals surface area contributed by atoms with Crippen LogP contribution in [0.4, 0.5) is 0 Å². The Balaban J connectivity index is 0. The Bertz CT molecular complexity index is 376. The summed E-state index contributed by atoms with van der Waals surface area (Å²) in [5, 5.41) is 29.1. The first kappa shape index (κ1) is 18.6. The Labute approximate surface area is 116 Å². The van der Waals surface area contributed by atoms with Gasteiger partial charge in [-0.15, -0.1) is 0 Å². The Morgan fingerprint density at radius 2 is 1.22 bits per heavy atom. The first-order valence-corrected chi connectivity index (χ1v) is 4.59. The molecule has 0 aromatic heterocycles. The summed E-state index contributed by atoms with van der Waals surface area (Å²) in [5.74, 6) is -3.86. The van der Waals surface area contributed by atoms with Crippen molar-refractivity contribution < 1.29 is 49.2 Å². The predicted octanol–water partition coefficient (Wildman–Crippen LogP) is -2.69. The molecule has 0 amide bonds. The minimum absolute atomic E-state index is 0. The Morgan fingerprint density at radius 1 is 0.833 bits per heavy atom. The van der Waals surface area contributed by atoms with Crippen molar-refractivity contribution in [3.05, 3.63) is 35.9 Å². The quantitative estimate of drug-likeness (QED) is 0.552. The summed E-state index contributed by atoms with van der Waals surface area (Å²) in [6.45, 7) is 0. The molecule has 0 heterocycles. The van der Waals surface area contributed by atoms with Gasteiger partial charge >= 0.3 is 19.5 Å². The van der Waals surface area contributed by atoms with Gasteiger partial charge in [-0.05, 0) is 18.4 Å². The molecule has 1 rings (SSSR count). The van der Waals surface area contributed by atoms with Gasteiger partial charge in [-0.2, -0.15) is 0 Å². The fourth-order valence-corrected chi connectivity index (χ4v) is 0.778. The van der Waals surface area contributed by atoms with E-state index in [0.29, 0.717) is 0 Å². The van der Waals surface area contributed by atoms with Gasteiger partial charge in [0.1, 0.15) is 0 Å². The van der Waals surface area contributed by atoms with Crippen LogP contribution in [0.25, 0.3) is 0 Å². The van der Waals surface area contributed by atoms with Gasteiger partial charge in [0.2, 0.25) is 0 Å². The molecule has 7 heteroatoms. The molecule has 1 aromatic rings. The molecule has 0 bridgehead atoms. The number of aromatic carboxylic acids is 1. The second-order valence-electron chi connectivity index (χ2n) is 2.90. The molecular formula is C11H9O6Ru. The van der Waals surface area contributed by atoms with Crippen molar-refractivity contribution >= 4 is 17.9 Å². The predicted molar refractivity (Wildman–Crippen MR) is 50.0 cm³/mol. The van der Waals surface area contributed by atoms with Crippen LogP contribution in [0.1, 0.15) is 23.2 Å². The van der Waals surface area contributed by atoms with E-state index in [1.54, 1.807) is 18.2 Å². The molecule has 0 saturated carbocycles. The van der Waals surface area contributed by atoms with Gasteiger partial charge in [-0.25, -0.2) is 0 Å². The molecule has 0 fully saturated rings. The Morgan fingerprint density at radius 3 is 1.44 bits per heavy atom. The molecular weight excluding hydrogens is 329 g/mol. The smallest absolute Gasteiger partial charge is 0.550 e. The number of aliphatic carboxylic acids is 2. The number of benzene rings is 1. The summed E-state index contributed by atoms with van der Waals surface area (Å²) in [5.41, 5.74) is 0.220. The van der Waals surface area contributed by atoms with Crippen LogP contribution < -0.4 is 15.3 Å². The van der Waals surface area contributed by atoms with Gasteiger partial charge < -0.3 is 29.7 Å². The maximum absolute atomic E-state index is 10.1. The molecule has 0 aliphatic rings.